The number of para-hydroxylation sites is 1. The lowest BCUT2D eigenvalue weighted by Gasteiger charge is -2.15. The van der Waals surface area contributed by atoms with E-state index in [9.17, 15) is 0 Å². The van der Waals surface area contributed by atoms with Crippen molar-refractivity contribution in [3.05, 3.63) is 72.8 Å². The first-order valence-corrected chi connectivity index (χ1v) is 8.30. The first kappa shape index (κ1) is 16.2. The number of anilines is 1. The van der Waals surface area contributed by atoms with Gasteiger partial charge in [0.15, 0.2) is 0 Å². The maximum Gasteiger partial charge on any atom is 0.123 e. The Hall–Kier alpha value is -2.66. The second kappa shape index (κ2) is 8.26. The van der Waals surface area contributed by atoms with E-state index < -0.39 is 0 Å². The highest BCUT2D eigenvalue weighted by Crippen LogP contribution is 2.16. The van der Waals surface area contributed by atoms with Gasteiger partial charge >= 0.3 is 0 Å². The second-order valence-corrected chi connectivity index (χ2v) is 5.79. The highest BCUT2D eigenvalue weighted by atomic mass is 15.2. The van der Waals surface area contributed by atoms with Gasteiger partial charge in [0.05, 0.1) is 0 Å². The summed E-state index contributed by atoms with van der Waals surface area (Å²) in [6.45, 7) is 4.12. The van der Waals surface area contributed by atoms with Gasteiger partial charge in [-0.25, -0.2) is 0 Å². The fourth-order valence-electron chi connectivity index (χ4n) is 2.60. The Balaban J connectivity index is 1.45. The van der Waals surface area contributed by atoms with E-state index in [0.717, 1.165) is 25.2 Å². The third kappa shape index (κ3) is 4.43. The molecule has 0 amide bonds. The van der Waals surface area contributed by atoms with Crippen molar-refractivity contribution < 1.29 is 0 Å². The number of nitrogens with one attached hydrogen (secondary N) is 2. The fraction of sp³-hybridized carbons (Fsp3) is 0.263. The third-order valence-electron chi connectivity index (χ3n) is 3.99. The standard InChI is InChI=1S/C19H23N5/c1-16(20-11-6-12-21-18-8-3-2-4-9-18)17-7-5-10-19(13-17)24-14-22-23-15-24/h2-5,7-10,13-16,20-21H,6,11-12H2,1H3. The second-order valence-electron chi connectivity index (χ2n) is 5.79. The van der Waals surface area contributed by atoms with E-state index in [0.29, 0.717) is 6.04 Å². The van der Waals surface area contributed by atoms with Crippen molar-refractivity contribution in [1.82, 2.24) is 20.1 Å². The Morgan fingerprint density at radius 2 is 1.75 bits per heavy atom. The van der Waals surface area contributed by atoms with E-state index in [1.54, 1.807) is 12.7 Å². The molecule has 3 aromatic rings. The van der Waals surface area contributed by atoms with Gasteiger partial charge in [-0.1, -0.05) is 30.3 Å². The van der Waals surface area contributed by atoms with Crippen molar-refractivity contribution in [1.29, 1.82) is 0 Å². The summed E-state index contributed by atoms with van der Waals surface area (Å²) in [6, 6.07) is 19.1. The Morgan fingerprint density at radius 1 is 0.958 bits per heavy atom. The maximum atomic E-state index is 3.86. The van der Waals surface area contributed by atoms with E-state index in [4.69, 9.17) is 0 Å². The maximum absolute atomic E-state index is 3.86. The summed E-state index contributed by atoms with van der Waals surface area (Å²) in [5.41, 5.74) is 3.52. The predicted octanol–water partition coefficient (Wildman–Crippen LogP) is 3.42. The van der Waals surface area contributed by atoms with Crippen LogP contribution < -0.4 is 10.6 Å². The van der Waals surface area contributed by atoms with Gasteiger partial charge in [-0.15, -0.1) is 10.2 Å². The molecule has 24 heavy (non-hydrogen) atoms. The summed E-state index contributed by atoms with van der Waals surface area (Å²) >= 11 is 0. The van der Waals surface area contributed by atoms with Gasteiger partial charge in [0.25, 0.3) is 0 Å². The van der Waals surface area contributed by atoms with Crippen molar-refractivity contribution in [2.75, 3.05) is 18.4 Å². The summed E-state index contributed by atoms with van der Waals surface area (Å²) in [7, 11) is 0. The lowest BCUT2D eigenvalue weighted by Crippen LogP contribution is -2.21. The van der Waals surface area contributed by atoms with E-state index in [1.807, 2.05) is 22.8 Å². The van der Waals surface area contributed by atoms with E-state index in [-0.39, 0.29) is 0 Å². The van der Waals surface area contributed by atoms with Gasteiger partial charge in [-0.2, -0.15) is 0 Å². The number of aromatic nitrogens is 3. The minimum atomic E-state index is 0.304. The zero-order valence-electron chi connectivity index (χ0n) is 13.9. The number of nitrogens with zero attached hydrogens (tertiary/aromatic N) is 3. The molecule has 2 aromatic carbocycles. The van der Waals surface area contributed by atoms with Gasteiger partial charge in [0.2, 0.25) is 0 Å². The number of hydrogen-bond acceptors (Lipinski definition) is 4. The molecule has 5 heteroatoms. The summed E-state index contributed by atoms with van der Waals surface area (Å²) in [5.74, 6) is 0. The van der Waals surface area contributed by atoms with Crippen LogP contribution in [0.5, 0.6) is 0 Å². The topological polar surface area (TPSA) is 54.8 Å². The molecule has 0 saturated heterocycles. The van der Waals surface area contributed by atoms with Crippen LogP contribution in [0.25, 0.3) is 5.69 Å². The molecule has 0 spiro atoms. The monoisotopic (exact) mass is 321 g/mol. The molecule has 124 valence electrons. The quantitative estimate of drug-likeness (QED) is 0.624. The Bertz CT molecular complexity index is 725. The third-order valence-corrected chi connectivity index (χ3v) is 3.99. The normalized spacial score (nSPS) is 12.0. The van der Waals surface area contributed by atoms with Gasteiger partial charge < -0.3 is 10.6 Å². The van der Waals surface area contributed by atoms with E-state index in [2.05, 4.69) is 64.2 Å². The number of hydrogen-bond donors (Lipinski definition) is 2. The van der Waals surface area contributed by atoms with Crippen molar-refractivity contribution in [2.24, 2.45) is 0 Å². The average Bonchev–Trinajstić information content (AvgIpc) is 3.17. The molecule has 2 N–H and O–H groups in total. The van der Waals surface area contributed by atoms with Crippen LogP contribution in [0.1, 0.15) is 24.9 Å². The largest absolute Gasteiger partial charge is 0.385 e. The highest BCUT2D eigenvalue weighted by molar-refractivity contribution is 5.42. The van der Waals surface area contributed by atoms with Crippen LogP contribution in [-0.4, -0.2) is 27.9 Å². The smallest absolute Gasteiger partial charge is 0.123 e. The van der Waals surface area contributed by atoms with Gasteiger partial charge in [0, 0.05) is 24.0 Å². The summed E-state index contributed by atoms with van der Waals surface area (Å²) in [6.07, 6.45) is 4.50. The predicted molar refractivity (Wildman–Crippen MR) is 97.3 cm³/mol. The Morgan fingerprint density at radius 3 is 2.54 bits per heavy atom. The lowest BCUT2D eigenvalue weighted by molar-refractivity contribution is 0.565. The van der Waals surface area contributed by atoms with Crippen molar-refractivity contribution in [3.63, 3.8) is 0 Å². The molecule has 0 aliphatic rings. The molecule has 0 aliphatic heterocycles. The summed E-state index contributed by atoms with van der Waals surface area (Å²) < 4.78 is 1.92. The zero-order chi connectivity index (χ0) is 16.6. The SMILES string of the molecule is CC(NCCCNc1ccccc1)c1cccc(-n2cnnc2)c1. The Labute approximate surface area is 142 Å². The zero-order valence-corrected chi connectivity index (χ0v) is 13.9. The van der Waals surface area contributed by atoms with Crippen LogP contribution in [0.3, 0.4) is 0 Å². The molecule has 3 rings (SSSR count). The number of rotatable bonds is 8. The molecule has 5 nitrogen and oxygen atoms in total. The lowest BCUT2D eigenvalue weighted by atomic mass is 10.1. The first-order chi connectivity index (χ1) is 11.8. The van der Waals surface area contributed by atoms with Crippen molar-refractivity contribution in [2.45, 2.75) is 19.4 Å². The van der Waals surface area contributed by atoms with Gasteiger partial charge in [-0.3, -0.25) is 4.57 Å². The van der Waals surface area contributed by atoms with Gasteiger partial charge in [0.1, 0.15) is 12.7 Å². The average molecular weight is 321 g/mol. The number of benzene rings is 2. The molecule has 0 radical (unpaired) electrons. The molecule has 1 aromatic heterocycles. The van der Waals surface area contributed by atoms with Gasteiger partial charge in [-0.05, 0) is 49.7 Å². The van der Waals surface area contributed by atoms with Crippen LogP contribution in [0.4, 0.5) is 5.69 Å². The summed E-state index contributed by atoms with van der Waals surface area (Å²) in [5, 5.41) is 14.7. The minimum absolute atomic E-state index is 0.304. The highest BCUT2D eigenvalue weighted by Gasteiger charge is 2.06. The molecule has 0 saturated carbocycles. The molecule has 1 unspecified atom stereocenters. The van der Waals surface area contributed by atoms with Crippen LogP contribution in [0.15, 0.2) is 67.3 Å². The minimum Gasteiger partial charge on any atom is -0.385 e. The van der Waals surface area contributed by atoms with Crippen LogP contribution in [0.2, 0.25) is 0 Å². The van der Waals surface area contributed by atoms with Crippen LogP contribution in [-0.2, 0) is 0 Å². The Kier molecular flexibility index (Phi) is 5.58. The molecule has 1 atom stereocenters. The molecular weight excluding hydrogens is 298 g/mol. The molecule has 0 bridgehead atoms. The van der Waals surface area contributed by atoms with Crippen molar-refractivity contribution >= 4 is 5.69 Å². The van der Waals surface area contributed by atoms with Crippen LogP contribution in [0, 0.1) is 0 Å². The molecule has 0 aliphatic carbocycles. The summed E-state index contributed by atoms with van der Waals surface area (Å²) in [4.78, 5) is 0. The van der Waals surface area contributed by atoms with E-state index >= 15 is 0 Å². The first-order valence-electron chi connectivity index (χ1n) is 8.30. The fourth-order valence-corrected chi connectivity index (χ4v) is 2.60. The molecular formula is C19H23N5. The van der Waals surface area contributed by atoms with Crippen molar-refractivity contribution in [3.8, 4) is 5.69 Å². The van der Waals surface area contributed by atoms with E-state index in [1.165, 1.54) is 11.3 Å². The molecule has 1 heterocycles. The molecule has 0 fully saturated rings. The van der Waals surface area contributed by atoms with Crippen LogP contribution >= 0.6 is 0 Å².